The first-order valence-electron chi connectivity index (χ1n) is 10.1. The summed E-state index contributed by atoms with van der Waals surface area (Å²) in [6.45, 7) is 12.3. The fourth-order valence-electron chi connectivity index (χ4n) is 3.67. The lowest BCUT2D eigenvalue weighted by Crippen LogP contribution is -2.33. The van der Waals surface area contributed by atoms with Crippen molar-refractivity contribution in [3.63, 3.8) is 0 Å². The molecule has 0 aliphatic heterocycles. The number of hydrogen-bond acceptors (Lipinski definition) is 3. The standard InChI is InChI=1S/C25H30N2O3/c1-24(2,3)17-12-18(25(4,5)6)21(28)13-20(17)27(7)23(30)16-14-26-19-11-9-8-10-15(19)22(16)29/h8-14,28H,1-7H3,(H,26,29). The average molecular weight is 407 g/mol. The molecule has 5 heteroatoms. The SMILES string of the molecule is CN(C(=O)c1c[nH]c2ccccc2c1=O)c1cc(O)c(C(C)(C)C)cc1C(C)(C)C. The first-order valence-corrected chi connectivity index (χ1v) is 10.1. The lowest BCUT2D eigenvalue weighted by molar-refractivity contribution is 0.0991. The van der Waals surface area contributed by atoms with Gasteiger partial charge < -0.3 is 15.0 Å². The second-order valence-electron chi connectivity index (χ2n) is 9.83. The topological polar surface area (TPSA) is 73.4 Å². The van der Waals surface area contributed by atoms with Crippen molar-refractivity contribution in [2.24, 2.45) is 0 Å². The molecule has 0 unspecified atom stereocenters. The molecule has 0 aliphatic carbocycles. The maximum absolute atomic E-state index is 13.3. The molecule has 1 amide bonds. The van der Waals surface area contributed by atoms with Crippen LogP contribution in [-0.4, -0.2) is 23.0 Å². The van der Waals surface area contributed by atoms with Gasteiger partial charge in [-0.15, -0.1) is 0 Å². The van der Waals surface area contributed by atoms with E-state index in [1.165, 1.54) is 11.1 Å². The third kappa shape index (κ3) is 3.84. The molecule has 1 aromatic heterocycles. The molecule has 0 saturated carbocycles. The Balaban J connectivity index is 2.16. The molecule has 0 saturated heterocycles. The summed E-state index contributed by atoms with van der Waals surface area (Å²) < 4.78 is 0. The van der Waals surface area contributed by atoms with Gasteiger partial charge in [-0.25, -0.2) is 0 Å². The van der Waals surface area contributed by atoms with E-state index < -0.39 is 5.91 Å². The highest BCUT2D eigenvalue weighted by Gasteiger charge is 2.29. The number of rotatable bonds is 2. The molecule has 0 fully saturated rings. The normalized spacial score (nSPS) is 12.2. The number of carbonyl (C=O) groups is 1. The van der Waals surface area contributed by atoms with E-state index in [2.05, 4.69) is 25.8 Å². The van der Waals surface area contributed by atoms with E-state index in [4.69, 9.17) is 0 Å². The van der Waals surface area contributed by atoms with Crippen molar-refractivity contribution in [1.82, 2.24) is 4.98 Å². The van der Waals surface area contributed by atoms with Gasteiger partial charge in [-0.2, -0.15) is 0 Å². The molecule has 0 atom stereocenters. The number of carbonyl (C=O) groups excluding carboxylic acids is 1. The zero-order valence-corrected chi connectivity index (χ0v) is 18.8. The monoisotopic (exact) mass is 406 g/mol. The number of phenols is 1. The maximum Gasteiger partial charge on any atom is 0.263 e. The molecule has 0 spiro atoms. The Kier molecular flexibility index (Phi) is 5.27. The average Bonchev–Trinajstić information content (AvgIpc) is 2.65. The van der Waals surface area contributed by atoms with Crippen LogP contribution in [0, 0.1) is 0 Å². The van der Waals surface area contributed by atoms with Crippen LogP contribution in [0.4, 0.5) is 5.69 Å². The third-order valence-corrected chi connectivity index (χ3v) is 5.41. The second kappa shape index (κ2) is 7.31. The number of H-pyrrole nitrogens is 1. The Morgan fingerprint density at radius 2 is 1.57 bits per heavy atom. The summed E-state index contributed by atoms with van der Waals surface area (Å²) in [5.41, 5.74) is 2.26. The quantitative estimate of drug-likeness (QED) is 0.621. The van der Waals surface area contributed by atoms with Crippen LogP contribution < -0.4 is 10.3 Å². The highest BCUT2D eigenvalue weighted by Crippen LogP contribution is 2.41. The molecule has 1 heterocycles. The Morgan fingerprint density at radius 3 is 2.17 bits per heavy atom. The van der Waals surface area contributed by atoms with E-state index in [1.807, 2.05) is 32.9 Å². The van der Waals surface area contributed by atoms with E-state index in [9.17, 15) is 14.7 Å². The summed E-state index contributed by atoms with van der Waals surface area (Å²) >= 11 is 0. The fraction of sp³-hybridized carbons (Fsp3) is 0.360. The minimum Gasteiger partial charge on any atom is -0.508 e. The molecule has 2 N–H and O–H groups in total. The van der Waals surface area contributed by atoms with Crippen molar-refractivity contribution in [3.05, 3.63) is 69.5 Å². The molecular formula is C25H30N2O3. The number of aromatic hydroxyl groups is 1. The number of aromatic nitrogens is 1. The van der Waals surface area contributed by atoms with Crippen LogP contribution in [-0.2, 0) is 10.8 Å². The predicted molar refractivity (Wildman–Crippen MR) is 123 cm³/mol. The molecule has 30 heavy (non-hydrogen) atoms. The molecule has 3 aromatic rings. The van der Waals surface area contributed by atoms with Crippen molar-refractivity contribution in [3.8, 4) is 5.75 Å². The summed E-state index contributed by atoms with van der Waals surface area (Å²) in [5, 5.41) is 11.2. The van der Waals surface area contributed by atoms with Crippen LogP contribution >= 0.6 is 0 Å². The van der Waals surface area contributed by atoms with Gasteiger partial charge in [0.1, 0.15) is 11.3 Å². The van der Waals surface area contributed by atoms with Gasteiger partial charge in [0.2, 0.25) is 5.43 Å². The number of nitrogens with zero attached hydrogens (tertiary/aromatic N) is 1. The number of phenolic OH excluding ortho intramolecular Hbond substituents is 1. The first-order chi connectivity index (χ1) is 13.8. The third-order valence-electron chi connectivity index (χ3n) is 5.41. The molecular weight excluding hydrogens is 376 g/mol. The van der Waals surface area contributed by atoms with Gasteiger partial charge >= 0.3 is 0 Å². The van der Waals surface area contributed by atoms with Gasteiger partial charge in [0.25, 0.3) is 5.91 Å². The zero-order chi connectivity index (χ0) is 22.4. The molecule has 2 aromatic carbocycles. The number of amides is 1. The Labute approximate surface area is 177 Å². The zero-order valence-electron chi connectivity index (χ0n) is 18.8. The van der Waals surface area contributed by atoms with Gasteiger partial charge in [-0.1, -0.05) is 53.7 Å². The highest BCUT2D eigenvalue weighted by atomic mass is 16.3. The highest BCUT2D eigenvalue weighted by molar-refractivity contribution is 6.07. The molecule has 3 rings (SSSR count). The van der Waals surface area contributed by atoms with Crippen LogP contribution in [0.2, 0.25) is 0 Å². The van der Waals surface area contributed by atoms with Crippen molar-refractivity contribution < 1.29 is 9.90 Å². The van der Waals surface area contributed by atoms with E-state index in [1.54, 1.807) is 31.3 Å². The first kappa shape index (κ1) is 21.6. The molecule has 0 bridgehead atoms. The molecule has 158 valence electrons. The number of benzene rings is 2. The van der Waals surface area contributed by atoms with Crippen LogP contribution in [0.1, 0.15) is 63.0 Å². The summed E-state index contributed by atoms with van der Waals surface area (Å²) in [5.74, 6) is -0.284. The summed E-state index contributed by atoms with van der Waals surface area (Å²) in [7, 11) is 1.64. The van der Waals surface area contributed by atoms with Crippen LogP contribution in [0.3, 0.4) is 0 Å². The number of pyridine rings is 1. The van der Waals surface area contributed by atoms with Gasteiger partial charge in [0, 0.05) is 30.2 Å². The largest absolute Gasteiger partial charge is 0.508 e. The number of nitrogens with one attached hydrogen (secondary N) is 1. The predicted octanol–water partition coefficient (Wildman–Crippen LogP) is 5.11. The summed E-state index contributed by atoms with van der Waals surface area (Å²) in [6, 6.07) is 10.7. The molecule has 0 aliphatic rings. The van der Waals surface area contributed by atoms with Crippen LogP contribution in [0.25, 0.3) is 10.9 Å². The van der Waals surface area contributed by atoms with E-state index >= 15 is 0 Å². The van der Waals surface area contributed by atoms with Crippen molar-refractivity contribution >= 4 is 22.5 Å². The van der Waals surface area contributed by atoms with Crippen molar-refractivity contribution in [2.75, 3.05) is 11.9 Å². The molecule has 0 radical (unpaired) electrons. The minimum absolute atomic E-state index is 0.0652. The smallest absolute Gasteiger partial charge is 0.263 e. The Morgan fingerprint density at radius 1 is 0.967 bits per heavy atom. The lowest BCUT2D eigenvalue weighted by atomic mass is 9.79. The number of para-hydroxylation sites is 1. The van der Waals surface area contributed by atoms with Crippen LogP contribution in [0.15, 0.2) is 47.4 Å². The van der Waals surface area contributed by atoms with E-state index in [-0.39, 0.29) is 27.6 Å². The fourth-order valence-corrected chi connectivity index (χ4v) is 3.67. The number of aromatic amines is 1. The number of fused-ring (bicyclic) bond motifs is 1. The van der Waals surface area contributed by atoms with Gasteiger partial charge in [0.15, 0.2) is 0 Å². The van der Waals surface area contributed by atoms with E-state index in [0.717, 1.165) is 11.1 Å². The number of hydrogen-bond donors (Lipinski definition) is 2. The van der Waals surface area contributed by atoms with Gasteiger partial charge in [-0.05, 0) is 40.2 Å². The minimum atomic E-state index is -0.421. The van der Waals surface area contributed by atoms with Gasteiger partial charge in [0.05, 0.1) is 5.69 Å². The Hall–Kier alpha value is -3.08. The van der Waals surface area contributed by atoms with E-state index in [0.29, 0.717) is 16.6 Å². The summed E-state index contributed by atoms with van der Waals surface area (Å²) in [6.07, 6.45) is 1.46. The maximum atomic E-state index is 13.3. The second-order valence-corrected chi connectivity index (χ2v) is 9.83. The van der Waals surface area contributed by atoms with Gasteiger partial charge in [-0.3, -0.25) is 9.59 Å². The number of anilines is 1. The molecule has 5 nitrogen and oxygen atoms in total. The van der Waals surface area contributed by atoms with Crippen molar-refractivity contribution in [2.45, 2.75) is 52.4 Å². The van der Waals surface area contributed by atoms with Crippen LogP contribution in [0.5, 0.6) is 5.75 Å². The lowest BCUT2D eigenvalue weighted by Gasteiger charge is -2.31. The summed E-state index contributed by atoms with van der Waals surface area (Å²) in [4.78, 5) is 30.7. The van der Waals surface area contributed by atoms with Crippen molar-refractivity contribution in [1.29, 1.82) is 0 Å². The Bertz CT molecular complexity index is 1180.